The number of para-hydroxylation sites is 1. The SMILES string of the molecule is Cc1cc2cc(C(=O)c3cnn(-c4ccc(Oc5ccccc5F)cc4C)c3N)n(SI)c2cc1NSCC(=O)O. The number of hydrogen-bond donors (Lipinski definition) is 3. The number of carbonyl (C=O) groups is 2. The molecule has 2 aromatic heterocycles. The molecule has 0 atom stereocenters. The predicted octanol–water partition coefficient (Wildman–Crippen LogP) is 7.18. The van der Waals surface area contributed by atoms with Crippen LogP contribution in [0.2, 0.25) is 0 Å². The lowest BCUT2D eigenvalue weighted by Crippen LogP contribution is -2.10. The van der Waals surface area contributed by atoms with Crippen molar-refractivity contribution in [2.75, 3.05) is 16.2 Å². The molecule has 0 unspecified atom stereocenters. The van der Waals surface area contributed by atoms with Crippen LogP contribution in [0, 0.1) is 19.7 Å². The highest BCUT2D eigenvalue weighted by Crippen LogP contribution is 2.35. The van der Waals surface area contributed by atoms with Gasteiger partial charge in [-0.15, -0.1) is 0 Å². The van der Waals surface area contributed by atoms with Crippen molar-refractivity contribution in [1.29, 1.82) is 0 Å². The Hall–Kier alpha value is -3.69. The van der Waals surface area contributed by atoms with Gasteiger partial charge in [-0.05, 0) is 85.5 Å². The van der Waals surface area contributed by atoms with Crippen molar-refractivity contribution in [2.45, 2.75) is 13.8 Å². The van der Waals surface area contributed by atoms with E-state index in [1.807, 2.05) is 30.0 Å². The van der Waals surface area contributed by atoms with Gasteiger partial charge < -0.3 is 20.3 Å². The fourth-order valence-electron chi connectivity index (χ4n) is 4.31. The molecule has 2 heterocycles. The minimum atomic E-state index is -0.916. The average Bonchev–Trinajstić information content (AvgIpc) is 3.49. The third kappa shape index (κ3) is 5.87. The number of aromatic nitrogens is 3. The zero-order valence-corrected chi connectivity index (χ0v) is 25.5. The summed E-state index contributed by atoms with van der Waals surface area (Å²) < 4.78 is 26.1. The maximum absolute atomic E-state index is 14.0. The van der Waals surface area contributed by atoms with E-state index in [4.69, 9.17) is 15.6 Å². The molecule has 3 aromatic carbocycles. The van der Waals surface area contributed by atoms with Crippen molar-refractivity contribution in [3.63, 3.8) is 0 Å². The van der Waals surface area contributed by atoms with E-state index in [-0.39, 0.29) is 28.7 Å². The van der Waals surface area contributed by atoms with E-state index in [9.17, 15) is 14.0 Å². The Morgan fingerprint density at radius 1 is 1.12 bits per heavy atom. The van der Waals surface area contributed by atoms with Crippen LogP contribution in [0.4, 0.5) is 15.9 Å². The summed E-state index contributed by atoms with van der Waals surface area (Å²) in [5.41, 5.74) is 11.0. The van der Waals surface area contributed by atoms with Gasteiger partial charge in [0, 0.05) is 41.4 Å². The number of ketones is 1. The Morgan fingerprint density at radius 3 is 2.61 bits per heavy atom. The second-order valence-corrected chi connectivity index (χ2v) is 11.5. The number of rotatable bonds is 10. The summed E-state index contributed by atoms with van der Waals surface area (Å²) in [4.78, 5) is 24.6. The van der Waals surface area contributed by atoms with Crippen molar-refractivity contribution in [3.8, 4) is 17.2 Å². The number of hydrogen-bond acceptors (Lipinski definition) is 8. The Kier molecular flexibility index (Phi) is 8.47. The van der Waals surface area contributed by atoms with Crippen molar-refractivity contribution in [2.24, 2.45) is 0 Å². The number of carboxylic acids is 1. The van der Waals surface area contributed by atoms with Crippen molar-refractivity contribution in [1.82, 2.24) is 13.8 Å². The third-order valence-electron chi connectivity index (χ3n) is 6.29. The first-order valence-electron chi connectivity index (χ1n) is 12.1. The highest BCUT2D eigenvalue weighted by Gasteiger charge is 2.24. The fraction of sp³-hybridized carbons (Fsp3) is 0.107. The van der Waals surface area contributed by atoms with E-state index in [1.54, 1.807) is 42.5 Å². The highest BCUT2D eigenvalue weighted by atomic mass is 127. The van der Waals surface area contributed by atoms with Gasteiger partial charge in [0.1, 0.15) is 23.0 Å². The van der Waals surface area contributed by atoms with Crippen molar-refractivity contribution >= 4 is 76.4 Å². The fourth-order valence-corrected chi connectivity index (χ4v) is 6.60. The Morgan fingerprint density at radius 2 is 1.90 bits per heavy atom. The second-order valence-electron chi connectivity index (χ2n) is 9.07. The number of nitrogen functional groups attached to an aromatic ring is 1. The van der Waals surface area contributed by atoms with Crippen molar-refractivity contribution in [3.05, 3.63) is 95.1 Å². The van der Waals surface area contributed by atoms with E-state index >= 15 is 0 Å². The highest BCUT2D eigenvalue weighted by molar-refractivity contribution is 14.2. The summed E-state index contributed by atoms with van der Waals surface area (Å²) in [7, 11) is 1.34. The zero-order chi connectivity index (χ0) is 29.3. The number of fused-ring (bicyclic) bond motifs is 1. The number of nitrogens with two attached hydrogens (primary N) is 1. The minimum Gasteiger partial charge on any atom is -0.481 e. The summed E-state index contributed by atoms with van der Waals surface area (Å²) in [6.07, 6.45) is 1.45. The van der Waals surface area contributed by atoms with E-state index in [0.29, 0.717) is 17.1 Å². The molecule has 0 saturated heterocycles. The van der Waals surface area contributed by atoms with Gasteiger partial charge in [0.05, 0.1) is 23.0 Å². The molecule has 41 heavy (non-hydrogen) atoms. The molecule has 5 rings (SSSR count). The molecule has 4 N–H and O–H groups in total. The average molecular weight is 704 g/mol. The van der Waals surface area contributed by atoms with Gasteiger partial charge in [-0.25, -0.2) is 9.07 Å². The quantitative estimate of drug-likeness (QED) is 0.0789. The van der Waals surface area contributed by atoms with Crippen molar-refractivity contribution < 1.29 is 23.8 Å². The Labute approximate surface area is 255 Å². The number of carbonyl (C=O) groups excluding carboxylic acids is 1. The first-order valence-corrected chi connectivity index (χ1v) is 16.4. The summed E-state index contributed by atoms with van der Waals surface area (Å²) in [6, 6.07) is 17.0. The number of benzene rings is 3. The number of nitrogens with one attached hydrogen (secondary N) is 1. The van der Waals surface area contributed by atoms with Crippen LogP contribution in [0.5, 0.6) is 11.5 Å². The van der Waals surface area contributed by atoms with Gasteiger partial charge in [-0.3, -0.25) is 13.6 Å². The van der Waals surface area contributed by atoms with Crippen LogP contribution >= 0.6 is 42.3 Å². The molecule has 0 aliphatic rings. The van der Waals surface area contributed by atoms with Gasteiger partial charge in [0.25, 0.3) is 0 Å². The number of aliphatic carboxylic acids is 1. The van der Waals surface area contributed by atoms with Crippen LogP contribution in [0.15, 0.2) is 66.9 Å². The number of anilines is 2. The normalized spacial score (nSPS) is 11.1. The molecule has 13 heteroatoms. The molecular weight excluding hydrogens is 680 g/mol. The molecule has 0 radical (unpaired) electrons. The molecular formula is C28H23FIN5O4S2. The first-order chi connectivity index (χ1) is 19.7. The molecule has 0 fully saturated rings. The largest absolute Gasteiger partial charge is 0.481 e. The minimum absolute atomic E-state index is 0.0900. The monoisotopic (exact) mass is 703 g/mol. The van der Waals surface area contributed by atoms with Crippen LogP contribution in [0.3, 0.4) is 0 Å². The van der Waals surface area contributed by atoms with Gasteiger partial charge in [-0.1, -0.05) is 12.1 Å². The molecule has 0 saturated carbocycles. The summed E-state index contributed by atoms with van der Waals surface area (Å²) in [5.74, 6) is -1.01. The van der Waals surface area contributed by atoms with Gasteiger partial charge in [0.2, 0.25) is 5.78 Å². The van der Waals surface area contributed by atoms with Crippen LogP contribution in [-0.2, 0) is 4.79 Å². The lowest BCUT2D eigenvalue weighted by molar-refractivity contribution is -0.133. The van der Waals surface area contributed by atoms with Gasteiger partial charge in [0.15, 0.2) is 11.6 Å². The summed E-state index contributed by atoms with van der Waals surface area (Å²) in [5, 5.41) is 14.2. The molecule has 0 aliphatic heterocycles. The van der Waals surface area contributed by atoms with Crippen LogP contribution in [0.1, 0.15) is 27.2 Å². The molecule has 5 aromatic rings. The third-order valence-corrected chi connectivity index (χ3v) is 8.76. The summed E-state index contributed by atoms with van der Waals surface area (Å²) in [6.45, 7) is 3.76. The first kappa shape index (κ1) is 28.8. The lowest BCUT2D eigenvalue weighted by atomic mass is 10.1. The van der Waals surface area contributed by atoms with E-state index < -0.39 is 11.8 Å². The number of aryl methyl sites for hydroxylation is 2. The molecule has 0 amide bonds. The predicted molar refractivity (Wildman–Crippen MR) is 170 cm³/mol. The second kappa shape index (κ2) is 12.0. The number of nitrogens with zero attached hydrogens (tertiary/aromatic N) is 3. The summed E-state index contributed by atoms with van der Waals surface area (Å²) >= 11 is 3.19. The van der Waals surface area contributed by atoms with Gasteiger partial charge >= 0.3 is 5.97 Å². The molecule has 0 aliphatic carbocycles. The van der Waals surface area contributed by atoms with E-state index in [2.05, 4.69) is 31.0 Å². The van der Waals surface area contributed by atoms with Crippen LogP contribution in [-0.4, -0.2) is 36.4 Å². The van der Waals surface area contributed by atoms with E-state index in [0.717, 1.165) is 39.7 Å². The zero-order valence-electron chi connectivity index (χ0n) is 21.7. The smallest absolute Gasteiger partial charge is 0.315 e. The maximum Gasteiger partial charge on any atom is 0.315 e. The number of ether oxygens (including phenoxy) is 1. The van der Waals surface area contributed by atoms with Gasteiger partial charge in [-0.2, -0.15) is 5.10 Å². The maximum atomic E-state index is 14.0. The lowest BCUT2D eigenvalue weighted by Gasteiger charge is -2.12. The molecule has 9 nitrogen and oxygen atoms in total. The van der Waals surface area contributed by atoms with Crippen LogP contribution in [0.25, 0.3) is 16.6 Å². The molecule has 0 spiro atoms. The standard InChI is InChI=1S/C28H23FIN5O4S2/c1-15-9-17-11-24(35(41-30)23(17)12-21(15)33-40-14-26(36)37)27(38)19-13-32-34(28(19)31)22-8-7-18(10-16(22)2)39-25-6-4-3-5-20(25)29/h3-13,33H,14,31H2,1-2H3,(H,36,37). The molecule has 210 valence electrons. The Bertz CT molecular complexity index is 1810. The molecule has 0 bridgehead atoms. The van der Waals surface area contributed by atoms with E-state index in [1.165, 1.54) is 26.1 Å². The Balaban J connectivity index is 1.44. The number of carboxylic acid groups (broad SMARTS) is 1. The topological polar surface area (TPSA) is 124 Å². The number of halogens is 2. The van der Waals surface area contributed by atoms with Crippen LogP contribution < -0.4 is 15.2 Å².